The van der Waals surface area contributed by atoms with Gasteiger partial charge >= 0.3 is 5.97 Å². The molecule has 0 aliphatic carbocycles. The molecule has 0 saturated heterocycles. The summed E-state index contributed by atoms with van der Waals surface area (Å²) in [5.41, 5.74) is 22.6. The lowest BCUT2D eigenvalue weighted by molar-refractivity contribution is -0.143. The maximum Gasteiger partial charge on any atom is 0.328 e. The fourth-order valence-corrected chi connectivity index (χ4v) is 3.50. The zero-order chi connectivity index (χ0) is 29.4. The van der Waals surface area contributed by atoms with E-state index in [9.17, 15) is 34.5 Å². The van der Waals surface area contributed by atoms with E-state index in [0.717, 1.165) is 0 Å². The lowest BCUT2D eigenvalue weighted by atomic mass is 10.0. The summed E-state index contributed by atoms with van der Waals surface area (Å²) < 4.78 is 0. The standard InChI is InChI=1S/C24H40N8O7/c25-10-2-1-4-16(26)20(35)30-17(5-3-11-29-24(27)28)21(36)31-18(12-14-6-8-15(34)9-7-14)22(37)32-19(13-33)23(38)39/h6-9,16-19,33-34H,1-5,10-13,25-26H2,(H,30,35)(H,31,36)(H,32,37)(H,38,39)(H4,27,28,29). The molecular weight excluding hydrogens is 512 g/mol. The number of aliphatic carboxylic acids is 1. The van der Waals surface area contributed by atoms with Gasteiger partial charge in [0.25, 0.3) is 0 Å². The molecule has 1 rings (SSSR count). The second-order valence-electron chi connectivity index (χ2n) is 8.91. The lowest BCUT2D eigenvalue weighted by Crippen LogP contribution is -2.58. The summed E-state index contributed by atoms with van der Waals surface area (Å²) in [5, 5.41) is 35.4. The van der Waals surface area contributed by atoms with Gasteiger partial charge in [-0.15, -0.1) is 0 Å². The van der Waals surface area contributed by atoms with Crippen molar-refractivity contribution >= 4 is 29.7 Å². The van der Waals surface area contributed by atoms with Crippen molar-refractivity contribution in [3.05, 3.63) is 29.8 Å². The Labute approximate surface area is 226 Å². The van der Waals surface area contributed by atoms with Gasteiger partial charge in [-0.2, -0.15) is 0 Å². The molecule has 0 radical (unpaired) electrons. The molecule has 15 nitrogen and oxygen atoms in total. The summed E-state index contributed by atoms with van der Waals surface area (Å²) in [7, 11) is 0. The molecule has 3 amide bonds. The van der Waals surface area contributed by atoms with Crippen molar-refractivity contribution in [2.45, 2.75) is 62.7 Å². The topological polar surface area (TPSA) is 282 Å². The minimum Gasteiger partial charge on any atom is -0.508 e. The van der Waals surface area contributed by atoms with E-state index in [4.69, 9.17) is 22.9 Å². The fraction of sp³-hybridized carbons (Fsp3) is 0.542. The molecule has 1 aromatic rings. The molecule has 4 atom stereocenters. The second-order valence-corrected chi connectivity index (χ2v) is 8.91. The summed E-state index contributed by atoms with van der Waals surface area (Å²) in [6.45, 7) is -0.237. The average molecular weight is 553 g/mol. The highest BCUT2D eigenvalue weighted by atomic mass is 16.4. The number of nitrogens with one attached hydrogen (secondary N) is 3. The van der Waals surface area contributed by atoms with Crippen LogP contribution in [0, 0.1) is 0 Å². The van der Waals surface area contributed by atoms with Gasteiger partial charge in [0, 0.05) is 13.0 Å². The largest absolute Gasteiger partial charge is 0.508 e. The van der Waals surface area contributed by atoms with Crippen molar-refractivity contribution in [3.63, 3.8) is 0 Å². The zero-order valence-electron chi connectivity index (χ0n) is 21.7. The third-order valence-corrected chi connectivity index (χ3v) is 5.69. The number of carbonyl (C=O) groups is 4. The molecular formula is C24H40N8O7. The Morgan fingerprint density at radius 3 is 2.00 bits per heavy atom. The third-order valence-electron chi connectivity index (χ3n) is 5.69. The SMILES string of the molecule is NCCCCC(N)C(=O)NC(CCCN=C(N)N)C(=O)NC(Cc1ccc(O)cc1)C(=O)NC(CO)C(=O)O. The molecule has 0 saturated carbocycles. The van der Waals surface area contributed by atoms with Crippen LogP contribution in [0.5, 0.6) is 5.75 Å². The summed E-state index contributed by atoms with van der Waals surface area (Å²) in [6.07, 6.45) is 1.99. The highest BCUT2D eigenvalue weighted by Gasteiger charge is 2.30. The maximum absolute atomic E-state index is 13.3. The third kappa shape index (κ3) is 12.9. The van der Waals surface area contributed by atoms with Gasteiger partial charge in [0.2, 0.25) is 17.7 Å². The van der Waals surface area contributed by atoms with Gasteiger partial charge in [0.1, 0.15) is 23.9 Å². The normalized spacial score (nSPS) is 13.8. The van der Waals surface area contributed by atoms with E-state index in [1.807, 2.05) is 0 Å². The summed E-state index contributed by atoms with van der Waals surface area (Å²) in [5.74, 6) is -3.78. The number of aliphatic hydroxyl groups is 1. The number of aromatic hydroxyl groups is 1. The van der Waals surface area contributed by atoms with Gasteiger partial charge in [-0.05, 0) is 49.9 Å². The molecule has 218 valence electrons. The molecule has 14 N–H and O–H groups in total. The first kappa shape index (κ1) is 33.1. The van der Waals surface area contributed by atoms with Crippen molar-refractivity contribution in [1.82, 2.24) is 16.0 Å². The Hall–Kier alpha value is -3.95. The van der Waals surface area contributed by atoms with Gasteiger partial charge in [0.05, 0.1) is 12.6 Å². The number of phenolic OH excluding ortho intramolecular Hbond substituents is 1. The van der Waals surface area contributed by atoms with Crippen LogP contribution in [0.15, 0.2) is 29.3 Å². The van der Waals surface area contributed by atoms with Crippen molar-refractivity contribution in [1.29, 1.82) is 0 Å². The molecule has 0 spiro atoms. The van der Waals surface area contributed by atoms with Crippen LogP contribution < -0.4 is 38.9 Å². The van der Waals surface area contributed by atoms with E-state index >= 15 is 0 Å². The minimum atomic E-state index is -1.60. The number of carbonyl (C=O) groups excluding carboxylic acids is 3. The first-order valence-corrected chi connectivity index (χ1v) is 12.5. The molecule has 0 fully saturated rings. The Kier molecular flexibility index (Phi) is 14.9. The van der Waals surface area contributed by atoms with Crippen LogP contribution in [0.3, 0.4) is 0 Å². The number of nitrogens with zero attached hydrogens (tertiary/aromatic N) is 1. The number of guanidine groups is 1. The molecule has 4 unspecified atom stereocenters. The van der Waals surface area contributed by atoms with Crippen molar-refractivity contribution in [2.24, 2.45) is 27.9 Å². The van der Waals surface area contributed by atoms with Crippen molar-refractivity contribution < 1.29 is 34.5 Å². The van der Waals surface area contributed by atoms with E-state index in [1.54, 1.807) is 0 Å². The molecule has 1 aromatic carbocycles. The quantitative estimate of drug-likeness (QED) is 0.0496. The molecule has 0 bridgehead atoms. The molecule has 15 heteroatoms. The number of nitrogens with two attached hydrogens (primary N) is 4. The van der Waals surface area contributed by atoms with Crippen LogP contribution in [-0.2, 0) is 25.6 Å². The van der Waals surface area contributed by atoms with E-state index in [0.29, 0.717) is 37.8 Å². The summed E-state index contributed by atoms with van der Waals surface area (Å²) >= 11 is 0. The number of carboxylic acids is 1. The molecule has 0 aromatic heterocycles. The van der Waals surface area contributed by atoms with E-state index in [2.05, 4.69) is 20.9 Å². The van der Waals surface area contributed by atoms with E-state index in [1.165, 1.54) is 24.3 Å². The van der Waals surface area contributed by atoms with Crippen LogP contribution in [0.1, 0.15) is 37.7 Å². The Morgan fingerprint density at radius 2 is 1.44 bits per heavy atom. The van der Waals surface area contributed by atoms with Crippen LogP contribution in [0.2, 0.25) is 0 Å². The van der Waals surface area contributed by atoms with Gasteiger partial charge in [-0.1, -0.05) is 18.6 Å². The number of amides is 3. The van der Waals surface area contributed by atoms with Crippen LogP contribution in [-0.4, -0.2) is 88.8 Å². The van der Waals surface area contributed by atoms with Crippen molar-refractivity contribution in [2.75, 3.05) is 19.7 Å². The fourth-order valence-electron chi connectivity index (χ4n) is 3.50. The van der Waals surface area contributed by atoms with Gasteiger partial charge in [0.15, 0.2) is 5.96 Å². The number of aliphatic hydroxyl groups excluding tert-OH is 1. The van der Waals surface area contributed by atoms with Crippen molar-refractivity contribution in [3.8, 4) is 5.75 Å². The number of benzene rings is 1. The molecule has 0 aliphatic rings. The van der Waals surface area contributed by atoms with E-state index < -0.39 is 54.5 Å². The smallest absolute Gasteiger partial charge is 0.328 e. The Bertz CT molecular complexity index is 970. The van der Waals surface area contributed by atoms with Crippen LogP contribution >= 0.6 is 0 Å². The second kappa shape index (κ2) is 17.5. The zero-order valence-corrected chi connectivity index (χ0v) is 21.7. The number of hydrogen-bond acceptors (Lipinski definition) is 9. The predicted octanol–water partition coefficient (Wildman–Crippen LogP) is -3.02. The number of hydrogen-bond donors (Lipinski definition) is 10. The lowest BCUT2D eigenvalue weighted by Gasteiger charge is -2.25. The minimum absolute atomic E-state index is 0.0126. The number of phenols is 1. The van der Waals surface area contributed by atoms with Gasteiger partial charge < -0.3 is 54.2 Å². The van der Waals surface area contributed by atoms with Crippen LogP contribution in [0.25, 0.3) is 0 Å². The number of aliphatic imine (C=N–C) groups is 1. The number of carboxylic acid groups (broad SMARTS) is 1. The highest BCUT2D eigenvalue weighted by molar-refractivity contribution is 5.94. The number of rotatable bonds is 18. The average Bonchev–Trinajstić information content (AvgIpc) is 2.89. The Balaban J connectivity index is 3.11. The van der Waals surface area contributed by atoms with Gasteiger partial charge in [-0.3, -0.25) is 19.4 Å². The first-order valence-electron chi connectivity index (χ1n) is 12.5. The Morgan fingerprint density at radius 1 is 0.846 bits per heavy atom. The van der Waals surface area contributed by atoms with E-state index in [-0.39, 0.29) is 31.1 Å². The summed E-state index contributed by atoms with van der Waals surface area (Å²) in [6, 6.07) is 0.938. The van der Waals surface area contributed by atoms with Crippen LogP contribution in [0.4, 0.5) is 0 Å². The monoisotopic (exact) mass is 552 g/mol. The first-order chi connectivity index (χ1) is 18.5. The molecule has 0 aliphatic heterocycles. The highest BCUT2D eigenvalue weighted by Crippen LogP contribution is 2.12. The number of unbranched alkanes of at least 4 members (excludes halogenated alkanes) is 1. The maximum atomic E-state index is 13.3. The van der Waals surface area contributed by atoms with Gasteiger partial charge in [-0.25, -0.2) is 4.79 Å². The summed E-state index contributed by atoms with van der Waals surface area (Å²) in [4.78, 5) is 54.1. The predicted molar refractivity (Wildman–Crippen MR) is 143 cm³/mol. The molecule has 0 heterocycles. The molecule has 39 heavy (non-hydrogen) atoms.